The molecule has 7 aliphatic rings. The largest absolute Gasteiger partial charge is 0.508 e. The van der Waals surface area contributed by atoms with Gasteiger partial charge in [0.15, 0.2) is 23.9 Å². The number of hydrogen-bond donors (Lipinski definition) is 19. The molecule has 7 heterocycles. The molecule has 2 saturated heterocycles. The molecule has 11 bridgehead atoms. The molecule has 38 heteroatoms. The lowest BCUT2D eigenvalue weighted by atomic mass is 9.84. The van der Waals surface area contributed by atoms with E-state index in [2.05, 4.69) is 42.5 Å². The summed E-state index contributed by atoms with van der Waals surface area (Å²) in [7, 11) is 1.49. The van der Waals surface area contributed by atoms with Crippen LogP contribution >= 0.6 is 23.2 Å². The molecule has 0 aromatic heterocycles. The number of aliphatic hydroxyl groups is 6. The third kappa shape index (κ3) is 19.6. The number of hydrogen-bond acceptors (Lipinski definition) is 27. The Kier molecular flexibility index (Phi) is 27.9. The summed E-state index contributed by atoms with van der Waals surface area (Å²) in [5.74, 6) is -16.6. The van der Waals surface area contributed by atoms with Crippen molar-refractivity contribution in [3.8, 4) is 62.9 Å². The molecule has 634 valence electrons. The molecule has 0 saturated carbocycles. The van der Waals surface area contributed by atoms with Crippen LogP contribution < -0.4 is 67.2 Å². The number of primary amides is 1. The number of fused-ring (bicyclic) bond motifs is 15. The number of benzene rings is 6. The Morgan fingerprint density at radius 3 is 1.90 bits per heavy atom. The lowest BCUT2D eigenvalue weighted by molar-refractivity contribution is -0.332. The maximum atomic E-state index is 16.4. The van der Waals surface area contributed by atoms with E-state index in [4.69, 9.17) is 62.1 Å². The summed E-state index contributed by atoms with van der Waals surface area (Å²) >= 11 is 14.4. The summed E-state index contributed by atoms with van der Waals surface area (Å²) < 4.78 is 44.8. The topological polar surface area (TPSA) is 546 Å². The first kappa shape index (κ1) is 88.0. The summed E-state index contributed by atoms with van der Waals surface area (Å²) in [6.45, 7) is 9.61. The fourth-order valence-corrected chi connectivity index (χ4v) is 15.4. The maximum Gasteiger partial charge on any atom is 0.322 e. The molecule has 118 heavy (non-hydrogen) atoms. The highest BCUT2D eigenvalue weighted by Gasteiger charge is 2.53. The minimum absolute atomic E-state index is 0.105. The average Bonchev–Trinajstić information content (AvgIpc) is 0.764. The first-order valence-corrected chi connectivity index (χ1v) is 38.7. The zero-order chi connectivity index (χ0) is 85.6. The number of nitrogens with zero attached hydrogens (tertiary/aromatic N) is 1. The number of aliphatic hydroxyl groups excluding tert-OH is 6. The van der Waals surface area contributed by atoms with Crippen molar-refractivity contribution in [1.29, 1.82) is 0 Å². The standard InChI is InChI=1S/C80H94Cl2N10O26/c1-8-20-92(21-9-2)48(22-34(3)4)73(106)89-63-65(100)37-11-18-51(45(81)24-37)114-53-26-39-27-54(69(53)118-79-70(68(103)67(102)55(33-93)116-79)117-58-31-80(6,71(104)35(5)113-58)91-40-13-15-42(112-7)16-14-40)115-52-19-12-38(25-46(52)82)66(101)64-78(111)88-62(74(107)84-32-57(98)99)44-28-41(94)29-50(96)59(44)43-23-36(10-17-49(43)95)60(75(108)90-64)87-76(109)61(39)86-72(105)47(30-56(83)97)85-77(63)110/h10-19,23-29,34-35,47-48,55,58,60-68,70-71,79,91,93-96,100-104H,8-9,20-22,30-33H2,1-7H3,(H2,83,97)(H,84,107)(H,85,110)(H,86,105)(H,87,109)(H,88,111)(H,89,106)(H,90,108)(H,98,99)/t35-,47-,48+,55-,58-,60+,61+,62-,63+,64-,65+,66+,67+,68-,70-,71+,79-,80-/m0/s1. The Balaban J connectivity index is 1.14. The van der Waals surface area contributed by atoms with E-state index in [0.717, 1.165) is 66.7 Å². The number of anilines is 1. The number of aliphatic carboxylic acids is 1. The molecule has 18 atom stereocenters. The number of methoxy groups -OCH3 is 1. The van der Waals surface area contributed by atoms with Gasteiger partial charge in [0.05, 0.1) is 47.9 Å². The third-order valence-corrected chi connectivity index (χ3v) is 21.4. The van der Waals surface area contributed by atoms with Crippen LogP contribution in [0.3, 0.4) is 0 Å². The molecule has 13 rings (SSSR count). The summed E-state index contributed by atoms with van der Waals surface area (Å²) in [6.07, 6.45) is -17.6. The monoisotopic (exact) mass is 1680 g/mol. The van der Waals surface area contributed by atoms with Gasteiger partial charge >= 0.3 is 5.97 Å². The molecule has 6 aromatic carbocycles. The molecule has 7 aliphatic heterocycles. The zero-order valence-corrected chi connectivity index (χ0v) is 66.4. The Morgan fingerprint density at radius 1 is 0.695 bits per heavy atom. The fraction of sp³-hybridized carbons (Fsp3) is 0.438. The Bertz CT molecular complexity index is 4770. The van der Waals surface area contributed by atoms with E-state index in [-0.39, 0.29) is 46.2 Å². The van der Waals surface area contributed by atoms with Crippen LogP contribution in [0.25, 0.3) is 11.1 Å². The maximum absolute atomic E-state index is 16.4. The number of amides is 8. The van der Waals surface area contributed by atoms with Crippen LogP contribution in [-0.2, 0) is 57.4 Å². The summed E-state index contributed by atoms with van der Waals surface area (Å²) in [5, 5.41) is 136. The fourth-order valence-electron chi connectivity index (χ4n) is 14.9. The number of rotatable bonds is 22. The number of carboxylic acid groups (broad SMARTS) is 1. The average molecular weight is 1680 g/mol. The van der Waals surface area contributed by atoms with E-state index in [1.54, 1.807) is 38.1 Å². The van der Waals surface area contributed by atoms with Gasteiger partial charge in [-0.15, -0.1) is 0 Å². The van der Waals surface area contributed by atoms with Crippen LogP contribution in [0, 0.1) is 5.92 Å². The van der Waals surface area contributed by atoms with E-state index in [1.807, 2.05) is 32.6 Å². The van der Waals surface area contributed by atoms with E-state index in [9.17, 15) is 70.2 Å². The van der Waals surface area contributed by atoms with E-state index in [1.165, 1.54) is 19.2 Å². The molecule has 0 spiro atoms. The molecule has 0 aliphatic carbocycles. The highest BCUT2D eigenvalue weighted by molar-refractivity contribution is 6.32. The van der Waals surface area contributed by atoms with Gasteiger partial charge in [0.2, 0.25) is 59.3 Å². The van der Waals surface area contributed by atoms with Gasteiger partial charge in [0.1, 0.15) is 114 Å². The number of halogens is 2. The van der Waals surface area contributed by atoms with Gasteiger partial charge in [0.25, 0.3) is 0 Å². The molecular weight excluding hydrogens is 1590 g/mol. The van der Waals surface area contributed by atoms with E-state index >= 15 is 24.0 Å². The van der Waals surface area contributed by atoms with Crippen molar-refractivity contribution in [2.45, 2.75) is 183 Å². The Labute approximate surface area is 685 Å². The predicted octanol–water partition coefficient (Wildman–Crippen LogP) is 3.29. The van der Waals surface area contributed by atoms with Crippen LogP contribution in [0.4, 0.5) is 5.69 Å². The van der Waals surface area contributed by atoms with Crippen molar-refractivity contribution in [1.82, 2.24) is 42.1 Å². The summed E-state index contributed by atoms with van der Waals surface area (Å²) in [5.41, 5.74) is 2.20. The lowest BCUT2D eigenvalue weighted by Crippen LogP contribution is -2.64. The van der Waals surface area contributed by atoms with Crippen molar-refractivity contribution in [3.63, 3.8) is 0 Å². The second kappa shape index (κ2) is 37.4. The van der Waals surface area contributed by atoms with Gasteiger partial charge in [-0.25, -0.2) is 0 Å². The third-order valence-electron chi connectivity index (χ3n) is 20.8. The number of carbonyl (C=O) groups excluding carboxylic acids is 8. The van der Waals surface area contributed by atoms with Crippen LogP contribution in [0.15, 0.2) is 103 Å². The Hall–Kier alpha value is -10.9. The van der Waals surface area contributed by atoms with Gasteiger partial charge in [0, 0.05) is 29.3 Å². The molecular formula is C80H94Cl2N10O26. The van der Waals surface area contributed by atoms with Crippen LogP contribution in [0.5, 0.6) is 51.7 Å². The predicted molar refractivity (Wildman–Crippen MR) is 418 cm³/mol. The number of carboxylic acids is 1. The van der Waals surface area contributed by atoms with Crippen molar-refractivity contribution in [3.05, 3.63) is 141 Å². The molecule has 6 aromatic rings. The van der Waals surface area contributed by atoms with Gasteiger partial charge in [-0.1, -0.05) is 69.1 Å². The van der Waals surface area contributed by atoms with Gasteiger partial charge in [-0.3, -0.25) is 48.1 Å². The first-order chi connectivity index (χ1) is 56.0. The van der Waals surface area contributed by atoms with Crippen LogP contribution in [0.1, 0.15) is 132 Å². The summed E-state index contributed by atoms with van der Waals surface area (Å²) in [4.78, 5) is 135. The number of aromatic hydroxyl groups is 3. The van der Waals surface area contributed by atoms with Crippen molar-refractivity contribution < 1.29 is 127 Å². The minimum atomic E-state index is -2.39. The molecule has 36 nitrogen and oxygen atoms in total. The van der Waals surface area contributed by atoms with Gasteiger partial charge < -0.3 is 132 Å². The minimum Gasteiger partial charge on any atom is -0.508 e. The first-order valence-electron chi connectivity index (χ1n) is 37.9. The van der Waals surface area contributed by atoms with E-state index < -0.39 is 250 Å². The molecule has 2 fully saturated rings. The SMILES string of the molecule is CCCN(CCC)[C@H](CC(C)C)C(=O)N[C@H]1C(=O)N[C@@H](CC(N)=O)C(=O)N[C@H]2C(=O)N[C@H]3C(=O)N[C@H](C(=O)N[C@H](C(=O)NCC(=O)O)c4cc(O)cc(O)c4-c4cc3ccc4O)[C@H](O)c3ccc(c(Cl)c3)Oc3cc2cc(c3O[C@@H]2O[C@@H](CO)[C@@H](O)[C@H](O)[C@@H]2O[C@H]2C[C@](C)(Nc3ccc(OC)cc3)[C@H](O)[C@H](C)O2)Oc2ccc(cc2Cl)[C@H]1O. The second-order valence-electron chi connectivity index (χ2n) is 30.0. The number of phenols is 3. The van der Waals surface area contributed by atoms with Crippen LogP contribution in [0.2, 0.25) is 10.0 Å². The highest BCUT2D eigenvalue weighted by Crippen LogP contribution is 2.50. The normalized spacial score (nSPS) is 26.8. The molecule has 0 unspecified atom stereocenters. The van der Waals surface area contributed by atoms with E-state index in [0.29, 0.717) is 37.4 Å². The number of carbonyl (C=O) groups is 9. The van der Waals surface area contributed by atoms with Crippen molar-refractivity contribution in [2.75, 3.05) is 38.7 Å². The van der Waals surface area contributed by atoms with Crippen LogP contribution in [-0.4, -0.2) is 221 Å². The quantitative estimate of drug-likeness (QED) is 0.0463. The highest BCUT2D eigenvalue weighted by atomic mass is 35.5. The molecule has 0 radical (unpaired) electrons. The van der Waals surface area contributed by atoms with Crippen molar-refractivity contribution in [2.24, 2.45) is 11.7 Å². The summed E-state index contributed by atoms with van der Waals surface area (Å²) in [6, 6.07) is 6.18. The lowest BCUT2D eigenvalue weighted by Gasteiger charge is -2.48. The smallest absolute Gasteiger partial charge is 0.322 e. The van der Waals surface area contributed by atoms with Gasteiger partial charge in [-0.05, 0) is 159 Å². The molecule has 8 amide bonds. The number of ether oxygens (including phenoxy) is 7. The van der Waals surface area contributed by atoms with Gasteiger partial charge in [-0.2, -0.15) is 0 Å². The number of nitrogens with two attached hydrogens (primary N) is 1. The zero-order valence-electron chi connectivity index (χ0n) is 64.9. The molecule has 20 N–H and O–H groups in total. The number of phenolic OH excluding ortho intramolecular Hbond substituents is 3. The Morgan fingerprint density at radius 2 is 1.31 bits per heavy atom. The second-order valence-corrected chi connectivity index (χ2v) is 30.8. The number of nitrogens with one attached hydrogen (secondary N) is 8. The van der Waals surface area contributed by atoms with Crippen molar-refractivity contribution >= 4 is 82.1 Å².